The molecule has 0 heterocycles. The van der Waals surface area contributed by atoms with Crippen molar-refractivity contribution in [1.82, 2.24) is 0 Å². The molecule has 3 heteroatoms. The Hall–Kier alpha value is 0.690. The van der Waals surface area contributed by atoms with Gasteiger partial charge in [-0.05, 0) is 6.92 Å². The molecule has 1 atom stereocenters. The SMILES string of the molecule is CC(=O)C(Cl)I. The Balaban J connectivity index is 3.26. The van der Waals surface area contributed by atoms with Crippen molar-refractivity contribution in [3.05, 3.63) is 0 Å². The quantitative estimate of drug-likeness (QED) is 0.482. The van der Waals surface area contributed by atoms with E-state index in [1.807, 2.05) is 22.6 Å². The van der Waals surface area contributed by atoms with Crippen LogP contribution in [0.15, 0.2) is 0 Å². The summed E-state index contributed by atoms with van der Waals surface area (Å²) in [6.07, 6.45) is 0. The van der Waals surface area contributed by atoms with Gasteiger partial charge < -0.3 is 0 Å². The van der Waals surface area contributed by atoms with E-state index in [0.717, 1.165) is 0 Å². The van der Waals surface area contributed by atoms with Crippen LogP contribution in [0.2, 0.25) is 0 Å². The summed E-state index contributed by atoms with van der Waals surface area (Å²) in [5.41, 5.74) is 0. The number of hydrogen-bond acceptors (Lipinski definition) is 1. The van der Waals surface area contributed by atoms with Crippen molar-refractivity contribution in [2.75, 3.05) is 0 Å². The fraction of sp³-hybridized carbons (Fsp3) is 0.667. The molecular formula is C3H4ClIO. The fourth-order valence-electron chi connectivity index (χ4n) is 0. The van der Waals surface area contributed by atoms with Crippen molar-refractivity contribution in [3.63, 3.8) is 0 Å². The number of Topliss-reactive ketones (excluding diaryl/α,β-unsaturated/α-hetero) is 1. The molecule has 0 aromatic carbocycles. The Bertz CT molecular complexity index is 61.8. The first-order valence-corrected chi connectivity index (χ1v) is 3.11. The van der Waals surface area contributed by atoms with E-state index in [9.17, 15) is 4.79 Å². The minimum atomic E-state index is -0.345. The van der Waals surface area contributed by atoms with E-state index >= 15 is 0 Å². The van der Waals surface area contributed by atoms with Crippen LogP contribution < -0.4 is 0 Å². The van der Waals surface area contributed by atoms with Gasteiger partial charge in [-0.15, -0.1) is 11.6 Å². The predicted molar refractivity (Wildman–Crippen MR) is 34.3 cm³/mol. The highest BCUT2D eigenvalue weighted by atomic mass is 127. The van der Waals surface area contributed by atoms with E-state index in [2.05, 4.69) is 0 Å². The molecule has 0 saturated heterocycles. The molecule has 0 aromatic heterocycles. The van der Waals surface area contributed by atoms with Crippen molar-refractivity contribution >= 4 is 40.0 Å². The first-order valence-electron chi connectivity index (χ1n) is 1.43. The lowest BCUT2D eigenvalue weighted by molar-refractivity contribution is -0.115. The van der Waals surface area contributed by atoms with Crippen molar-refractivity contribution in [2.24, 2.45) is 0 Å². The van der Waals surface area contributed by atoms with Crippen molar-refractivity contribution in [2.45, 2.75) is 10.3 Å². The molecule has 0 aliphatic rings. The first-order chi connectivity index (χ1) is 2.64. The van der Waals surface area contributed by atoms with E-state index < -0.39 is 0 Å². The van der Waals surface area contributed by atoms with Gasteiger partial charge in [-0.25, -0.2) is 0 Å². The molecule has 36 valence electrons. The second-order valence-electron chi connectivity index (χ2n) is 0.911. The van der Waals surface area contributed by atoms with E-state index in [4.69, 9.17) is 11.6 Å². The molecule has 1 nitrogen and oxygen atoms in total. The summed E-state index contributed by atoms with van der Waals surface area (Å²) in [5, 5.41) is 0. The van der Waals surface area contributed by atoms with Gasteiger partial charge in [-0.3, -0.25) is 4.79 Å². The number of rotatable bonds is 1. The van der Waals surface area contributed by atoms with E-state index in [1.165, 1.54) is 6.92 Å². The zero-order valence-corrected chi connectivity index (χ0v) is 6.15. The lowest BCUT2D eigenvalue weighted by Crippen LogP contribution is -1.98. The maximum absolute atomic E-state index is 10.0. The minimum absolute atomic E-state index is 0.0114. The summed E-state index contributed by atoms with van der Waals surface area (Å²) >= 11 is 7.10. The molecule has 0 rings (SSSR count). The van der Waals surface area contributed by atoms with Gasteiger partial charge in [-0.1, -0.05) is 22.6 Å². The van der Waals surface area contributed by atoms with Gasteiger partial charge in [0.1, 0.15) is 3.38 Å². The van der Waals surface area contributed by atoms with Crippen molar-refractivity contribution in [1.29, 1.82) is 0 Å². The normalized spacial score (nSPS) is 13.8. The minimum Gasteiger partial charge on any atom is -0.297 e. The maximum atomic E-state index is 10.0. The van der Waals surface area contributed by atoms with Crippen LogP contribution in [0.3, 0.4) is 0 Å². The van der Waals surface area contributed by atoms with Crippen LogP contribution in [0.25, 0.3) is 0 Å². The van der Waals surface area contributed by atoms with Gasteiger partial charge >= 0.3 is 0 Å². The summed E-state index contributed by atoms with van der Waals surface area (Å²) in [6, 6.07) is 0. The number of alkyl halides is 2. The van der Waals surface area contributed by atoms with Crippen LogP contribution in [0.4, 0.5) is 0 Å². The van der Waals surface area contributed by atoms with Crippen LogP contribution >= 0.6 is 34.2 Å². The van der Waals surface area contributed by atoms with Gasteiger partial charge in [-0.2, -0.15) is 0 Å². The summed E-state index contributed by atoms with van der Waals surface area (Å²) in [6.45, 7) is 1.46. The van der Waals surface area contributed by atoms with Gasteiger partial charge in [0.25, 0.3) is 0 Å². The summed E-state index contributed by atoms with van der Waals surface area (Å²) < 4.78 is -0.345. The maximum Gasteiger partial charge on any atom is 0.157 e. The molecule has 0 fully saturated rings. The zero-order chi connectivity index (χ0) is 5.15. The molecule has 0 aliphatic heterocycles. The molecule has 0 spiro atoms. The Morgan fingerprint density at radius 1 is 2.00 bits per heavy atom. The number of carbonyl (C=O) groups excluding carboxylic acids is 1. The zero-order valence-electron chi connectivity index (χ0n) is 3.24. The highest BCUT2D eigenvalue weighted by Gasteiger charge is 2.00. The Morgan fingerprint density at radius 2 is 2.17 bits per heavy atom. The third-order valence-corrected chi connectivity index (χ3v) is 1.49. The largest absolute Gasteiger partial charge is 0.297 e. The molecular weight excluding hydrogens is 214 g/mol. The van der Waals surface area contributed by atoms with Crippen molar-refractivity contribution in [3.8, 4) is 0 Å². The lowest BCUT2D eigenvalue weighted by Gasteiger charge is -1.85. The lowest BCUT2D eigenvalue weighted by atomic mass is 10.5. The number of hydrogen-bond donors (Lipinski definition) is 0. The van der Waals surface area contributed by atoms with Crippen LogP contribution in [0.5, 0.6) is 0 Å². The molecule has 0 aromatic rings. The molecule has 1 unspecified atom stereocenters. The molecule has 0 amide bonds. The molecule has 0 N–H and O–H groups in total. The molecule has 0 aliphatic carbocycles. The average Bonchev–Trinajstić information content (AvgIpc) is 1.36. The van der Waals surface area contributed by atoms with Gasteiger partial charge in [0.15, 0.2) is 5.78 Å². The summed E-state index contributed by atoms with van der Waals surface area (Å²) in [4.78, 5) is 10.0. The number of carbonyl (C=O) groups is 1. The topological polar surface area (TPSA) is 17.1 Å². The van der Waals surface area contributed by atoms with Crippen LogP contribution in [0.1, 0.15) is 6.92 Å². The van der Waals surface area contributed by atoms with Gasteiger partial charge in [0.05, 0.1) is 0 Å². The Labute approximate surface area is 55.2 Å². The molecule has 0 radical (unpaired) electrons. The number of halogens is 2. The van der Waals surface area contributed by atoms with Gasteiger partial charge in [0.2, 0.25) is 0 Å². The highest BCUT2D eigenvalue weighted by Crippen LogP contribution is 2.04. The fourth-order valence-corrected chi connectivity index (χ4v) is 0. The van der Waals surface area contributed by atoms with Crippen LogP contribution in [-0.2, 0) is 4.79 Å². The average molecular weight is 218 g/mol. The molecule has 6 heavy (non-hydrogen) atoms. The number of ketones is 1. The standard InChI is InChI=1S/C3H4ClIO/c1-2(6)3(4)5/h3H,1H3. The molecule has 0 saturated carbocycles. The van der Waals surface area contributed by atoms with E-state index in [1.54, 1.807) is 0 Å². The molecule has 0 bridgehead atoms. The Kier molecular flexibility index (Phi) is 3.12. The summed E-state index contributed by atoms with van der Waals surface area (Å²) in [5.74, 6) is 0.0114. The Morgan fingerprint density at radius 3 is 2.17 bits per heavy atom. The third kappa shape index (κ3) is 2.90. The van der Waals surface area contributed by atoms with E-state index in [0.29, 0.717) is 0 Å². The predicted octanol–water partition coefficient (Wildman–Crippen LogP) is 1.58. The van der Waals surface area contributed by atoms with Crippen molar-refractivity contribution < 1.29 is 4.79 Å². The monoisotopic (exact) mass is 218 g/mol. The smallest absolute Gasteiger partial charge is 0.157 e. The van der Waals surface area contributed by atoms with Crippen LogP contribution in [0, 0.1) is 0 Å². The second kappa shape index (κ2) is 2.80. The van der Waals surface area contributed by atoms with Crippen LogP contribution in [-0.4, -0.2) is 9.17 Å². The third-order valence-electron chi connectivity index (χ3n) is 0.307. The second-order valence-corrected chi connectivity index (χ2v) is 3.33. The van der Waals surface area contributed by atoms with E-state index in [-0.39, 0.29) is 9.17 Å². The first kappa shape index (κ1) is 6.69. The summed E-state index contributed by atoms with van der Waals surface area (Å²) in [7, 11) is 0. The van der Waals surface area contributed by atoms with Gasteiger partial charge in [0, 0.05) is 0 Å². The highest BCUT2D eigenvalue weighted by molar-refractivity contribution is 14.1.